The van der Waals surface area contributed by atoms with Crippen molar-refractivity contribution in [3.8, 4) is 0 Å². The van der Waals surface area contributed by atoms with Gasteiger partial charge in [0.25, 0.3) is 0 Å². The minimum Gasteiger partial charge on any atom is -0.465 e. The molecule has 4 nitrogen and oxygen atoms in total. The first-order valence-electron chi connectivity index (χ1n) is 7.31. The summed E-state index contributed by atoms with van der Waals surface area (Å²) in [6, 6.07) is 10.9. The van der Waals surface area contributed by atoms with Gasteiger partial charge >= 0.3 is 5.97 Å². The molecule has 0 aliphatic carbocycles. The molecule has 0 fully saturated rings. The third kappa shape index (κ3) is 4.79. The summed E-state index contributed by atoms with van der Waals surface area (Å²) in [4.78, 5) is 26.6. The number of hydrogen-bond acceptors (Lipinski definition) is 4. The maximum Gasteiger partial charge on any atom is 0.337 e. The number of hydrogen-bond donors (Lipinski definition) is 0. The first kappa shape index (κ1) is 17.0. The van der Waals surface area contributed by atoms with Crippen molar-refractivity contribution in [3.63, 3.8) is 0 Å². The first-order valence-corrected chi connectivity index (χ1v) is 8.19. The number of benzene rings is 1. The Kier molecular flexibility index (Phi) is 6.11. The van der Waals surface area contributed by atoms with Crippen molar-refractivity contribution in [2.45, 2.75) is 13.5 Å². The van der Waals surface area contributed by atoms with Crippen LogP contribution in [0.5, 0.6) is 0 Å². The van der Waals surface area contributed by atoms with E-state index in [0.717, 1.165) is 10.4 Å². The molecular weight excluding hydrogens is 310 g/mol. The van der Waals surface area contributed by atoms with E-state index < -0.39 is 0 Å². The van der Waals surface area contributed by atoms with E-state index in [0.29, 0.717) is 18.7 Å². The Morgan fingerprint density at radius 1 is 1.22 bits per heavy atom. The standard InChI is InChI=1S/C18H19NO3S/c1-3-19(13-16-5-4-12-23-16)17(20)11-8-14-6-9-15(10-7-14)18(21)22-2/h4-12H,3,13H2,1-2H3. The van der Waals surface area contributed by atoms with Crippen LogP contribution in [0.25, 0.3) is 6.08 Å². The molecule has 1 aromatic heterocycles. The largest absolute Gasteiger partial charge is 0.465 e. The van der Waals surface area contributed by atoms with Gasteiger partial charge in [0.2, 0.25) is 5.91 Å². The van der Waals surface area contributed by atoms with E-state index in [-0.39, 0.29) is 11.9 Å². The summed E-state index contributed by atoms with van der Waals surface area (Å²) in [6.07, 6.45) is 3.31. The molecule has 0 atom stereocenters. The number of carbonyl (C=O) groups is 2. The van der Waals surface area contributed by atoms with E-state index in [1.165, 1.54) is 7.11 Å². The van der Waals surface area contributed by atoms with Crippen molar-refractivity contribution in [1.82, 2.24) is 4.90 Å². The minimum atomic E-state index is -0.371. The molecule has 1 amide bonds. The molecule has 0 aliphatic rings. The number of esters is 1. The lowest BCUT2D eigenvalue weighted by atomic mass is 10.1. The van der Waals surface area contributed by atoms with Crippen LogP contribution >= 0.6 is 11.3 Å². The van der Waals surface area contributed by atoms with Crippen LogP contribution in [0, 0.1) is 0 Å². The predicted molar refractivity (Wildman–Crippen MR) is 92.2 cm³/mol. The molecule has 5 heteroatoms. The third-order valence-corrected chi connectivity index (χ3v) is 4.23. The first-order chi connectivity index (χ1) is 11.1. The van der Waals surface area contributed by atoms with Gasteiger partial charge in [0.1, 0.15) is 0 Å². The van der Waals surface area contributed by atoms with Crippen molar-refractivity contribution in [1.29, 1.82) is 0 Å². The van der Waals surface area contributed by atoms with Crippen LogP contribution in [-0.2, 0) is 16.1 Å². The normalized spacial score (nSPS) is 10.7. The summed E-state index contributed by atoms with van der Waals surface area (Å²) in [5, 5.41) is 2.01. The number of ether oxygens (including phenoxy) is 1. The molecule has 1 aromatic carbocycles. The highest BCUT2D eigenvalue weighted by Gasteiger charge is 2.09. The van der Waals surface area contributed by atoms with Crippen LogP contribution in [0.4, 0.5) is 0 Å². The van der Waals surface area contributed by atoms with Crippen molar-refractivity contribution in [2.75, 3.05) is 13.7 Å². The Morgan fingerprint density at radius 2 is 1.96 bits per heavy atom. The molecule has 23 heavy (non-hydrogen) atoms. The van der Waals surface area contributed by atoms with E-state index in [1.54, 1.807) is 52.7 Å². The van der Waals surface area contributed by atoms with Crippen molar-refractivity contribution < 1.29 is 14.3 Å². The molecule has 0 saturated heterocycles. The Balaban J connectivity index is 2.00. The summed E-state index contributed by atoms with van der Waals surface area (Å²) in [7, 11) is 1.35. The van der Waals surface area contributed by atoms with Gasteiger partial charge in [0.15, 0.2) is 0 Å². The highest BCUT2D eigenvalue weighted by atomic mass is 32.1. The van der Waals surface area contributed by atoms with Crippen molar-refractivity contribution in [2.24, 2.45) is 0 Å². The number of carbonyl (C=O) groups excluding carboxylic acids is 2. The lowest BCUT2D eigenvalue weighted by molar-refractivity contribution is -0.126. The zero-order chi connectivity index (χ0) is 16.7. The molecule has 1 heterocycles. The Morgan fingerprint density at radius 3 is 2.52 bits per heavy atom. The molecule has 0 unspecified atom stereocenters. The molecule has 0 radical (unpaired) electrons. The second-order valence-electron chi connectivity index (χ2n) is 4.88. The molecular formula is C18H19NO3S. The predicted octanol–water partition coefficient (Wildman–Crippen LogP) is 3.60. The van der Waals surface area contributed by atoms with E-state index >= 15 is 0 Å². The quantitative estimate of drug-likeness (QED) is 0.601. The fourth-order valence-corrected chi connectivity index (χ4v) is 2.78. The smallest absolute Gasteiger partial charge is 0.337 e. The van der Waals surface area contributed by atoms with Crippen LogP contribution in [0.15, 0.2) is 47.9 Å². The van der Waals surface area contributed by atoms with Crippen molar-refractivity contribution in [3.05, 3.63) is 63.9 Å². The second kappa shape index (κ2) is 8.29. The monoisotopic (exact) mass is 329 g/mol. The molecule has 2 aromatic rings. The van der Waals surface area contributed by atoms with Gasteiger partial charge in [0, 0.05) is 17.5 Å². The fourth-order valence-electron chi connectivity index (χ4n) is 2.06. The number of nitrogens with zero attached hydrogens (tertiary/aromatic N) is 1. The molecule has 120 valence electrons. The van der Waals surface area contributed by atoms with Gasteiger partial charge in [-0.05, 0) is 42.1 Å². The number of amides is 1. The van der Waals surface area contributed by atoms with Gasteiger partial charge < -0.3 is 9.64 Å². The minimum absolute atomic E-state index is 0.0297. The van der Waals surface area contributed by atoms with Gasteiger partial charge in [-0.3, -0.25) is 4.79 Å². The zero-order valence-electron chi connectivity index (χ0n) is 13.2. The number of methoxy groups -OCH3 is 1. The van der Waals surface area contributed by atoms with Gasteiger partial charge in [-0.15, -0.1) is 11.3 Å². The number of rotatable bonds is 6. The van der Waals surface area contributed by atoms with E-state index in [4.69, 9.17) is 0 Å². The van der Waals surface area contributed by atoms with E-state index in [2.05, 4.69) is 4.74 Å². The molecule has 0 spiro atoms. The van der Waals surface area contributed by atoms with Crippen LogP contribution in [0.3, 0.4) is 0 Å². The maximum atomic E-state index is 12.3. The van der Waals surface area contributed by atoms with Crippen molar-refractivity contribution >= 4 is 29.3 Å². The summed E-state index contributed by atoms with van der Waals surface area (Å²) in [6.45, 7) is 3.24. The van der Waals surface area contributed by atoms with Crippen LogP contribution in [0.2, 0.25) is 0 Å². The maximum absolute atomic E-state index is 12.3. The molecule has 0 N–H and O–H groups in total. The number of thiophene rings is 1. The zero-order valence-corrected chi connectivity index (χ0v) is 14.0. The Bertz CT molecular complexity index is 675. The summed E-state index contributed by atoms with van der Waals surface area (Å²) in [5.74, 6) is -0.400. The fraction of sp³-hybridized carbons (Fsp3) is 0.222. The van der Waals surface area contributed by atoms with E-state index in [1.807, 2.05) is 24.4 Å². The molecule has 2 rings (SSSR count). The summed E-state index contributed by atoms with van der Waals surface area (Å²) < 4.78 is 4.65. The highest BCUT2D eigenvalue weighted by Crippen LogP contribution is 2.13. The van der Waals surface area contributed by atoms with Crippen LogP contribution in [-0.4, -0.2) is 30.4 Å². The topological polar surface area (TPSA) is 46.6 Å². The van der Waals surface area contributed by atoms with Gasteiger partial charge in [0.05, 0.1) is 19.2 Å². The van der Waals surface area contributed by atoms with Gasteiger partial charge in [-0.2, -0.15) is 0 Å². The third-order valence-electron chi connectivity index (χ3n) is 3.37. The Labute approximate surface area is 140 Å². The molecule has 0 aliphatic heterocycles. The highest BCUT2D eigenvalue weighted by molar-refractivity contribution is 7.09. The molecule has 0 saturated carbocycles. The van der Waals surface area contributed by atoms with E-state index in [9.17, 15) is 9.59 Å². The SMILES string of the molecule is CCN(Cc1cccs1)C(=O)C=Cc1ccc(C(=O)OC)cc1. The second-order valence-corrected chi connectivity index (χ2v) is 5.91. The van der Waals surface area contributed by atoms with Crippen LogP contribution < -0.4 is 0 Å². The van der Waals surface area contributed by atoms with Gasteiger partial charge in [-0.25, -0.2) is 4.79 Å². The summed E-state index contributed by atoms with van der Waals surface area (Å²) in [5.41, 5.74) is 1.35. The Hall–Kier alpha value is -2.40. The average Bonchev–Trinajstić information content (AvgIpc) is 3.10. The lowest BCUT2D eigenvalue weighted by Crippen LogP contribution is -2.28. The molecule has 0 bridgehead atoms. The number of likely N-dealkylation sites (N-methyl/N-ethyl adjacent to an activating group) is 1. The van der Waals surface area contributed by atoms with Gasteiger partial charge in [-0.1, -0.05) is 18.2 Å². The summed E-state index contributed by atoms with van der Waals surface area (Å²) >= 11 is 1.64. The lowest BCUT2D eigenvalue weighted by Gasteiger charge is -2.18. The average molecular weight is 329 g/mol. The van der Waals surface area contributed by atoms with Crippen LogP contribution in [0.1, 0.15) is 27.7 Å².